The number of terminal acetylenes is 1. The summed E-state index contributed by atoms with van der Waals surface area (Å²) in [6.07, 6.45) is 6.30. The number of allylic oxidation sites excluding steroid dienone is 1. The molecule has 0 aromatic heterocycles. The number of carboxylic acids is 1. The molecule has 186 valence electrons. The molecule has 0 amide bonds. The molecule has 0 radical (unpaired) electrons. The zero-order valence-corrected chi connectivity index (χ0v) is 19.4. The Hall–Kier alpha value is -1.76. The fraction of sp³-hybridized carbons (Fsp3) is 0.769. The molecule has 0 bridgehead atoms. The topological polar surface area (TPSA) is 134 Å². The third-order valence-electron chi connectivity index (χ3n) is 9.78. The lowest BCUT2D eigenvalue weighted by Crippen LogP contribution is -2.63. The zero-order valence-electron chi connectivity index (χ0n) is 19.4. The van der Waals surface area contributed by atoms with Gasteiger partial charge in [0, 0.05) is 11.8 Å². The molecule has 3 saturated carbocycles. The maximum Gasteiger partial charge on any atom is 0.335 e. The number of hydrogen-bond donors (Lipinski definition) is 4. The molecule has 1 heterocycles. The van der Waals surface area contributed by atoms with Crippen molar-refractivity contribution in [3.8, 4) is 12.3 Å². The van der Waals surface area contributed by atoms with Gasteiger partial charge in [-0.1, -0.05) is 18.4 Å². The van der Waals surface area contributed by atoms with E-state index in [2.05, 4.69) is 12.8 Å². The van der Waals surface area contributed by atoms with Crippen molar-refractivity contribution in [3.63, 3.8) is 0 Å². The van der Waals surface area contributed by atoms with E-state index in [0.29, 0.717) is 36.5 Å². The second kappa shape index (κ2) is 8.42. The number of hydrogen-bond acceptors (Lipinski definition) is 7. The first kappa shape index (κ1) is 24.0. The van der Waals surface area contributed by atoms with E-state index in [9.17, 15) is 30.0 Å². The Morgan fingerprint density at radius 3 is 2.59 bits per heavy atom. The fourth-order valence-corrected chi connectivity index (χ4v) is 7.99. The van der Waals surface area contributed by atoms with Crippen LogP contribution in [0.15, 0.2) is 11.6 Å². The lowest BCUT2D eigenvalue weighted by molar-refractivity contribution is -0.324. The minimum atomic E-state index is -1.77. The van der Waals surface area contributed by atoms with Crippen LogP contribution in [0.25, 0.3) is 0 Å². The maximum atomic E-state index is 11.9. The molecule has 5 rings (SSSR count). The second-order valence-electron chi connectivity index (χ2n) is 11.1. The number of aliphatic hydroxyl groups excluding tert-OH is 3. The predicted molar refractivity (Wildman–Crippen MR) is 119 cm³/mol. The highest BCUT2D eigenvalue weighted by molar-refractivity contribution is 5.91. The number of carbonyl (C=O) groups is 2. The van der Waals surface area contributed by atoms with Gasteiger partial charge in [0.05, 0.1) is 0 Å². The van der Waals surface area contributed by atoms with Gasteiger partial charge in [-0.2, -0.15) is 0 Å². The van der Waals surface area contributed by atoms with E-state index in [1.54, 1.807) is 0 Å². The Morgan fingerprint density at radius 1 is 1.12 bits per heavy atom. The van der Waals surface area contributed by atoms with Crippen molar-refractivity contribution in [3.05, 3.63) is 11.6 Å². The van der Waals surface area contributed by atoms with E-state index in [1.807, 2.05) is 6.08 Å². The number of aliphatic hydroxyl groups is 3. The average Bonchev–Trinajstić information content (AvgIpc) is 3.11. The molecule has 0 aromatic carbocycles. The number of rotatable bonds is 3. The number of fused-ring (bicyclic) bond motifs is 5. The van der Waals surface area contributed by atoms with E-state index >= 15 is 0 Å². The highest BCUT2D eigenvalue weighted by atomic mass is 17.1. The van der Waals surface area contributed by atoms with Crippen molar-refractivity contribution < 1.29 is 39.5 Å². The summed E-state index contributed by atoms with van der Waals surface area (Å²) in [5, 5.41) is 40.2. The standard InChI is InChI=1S/C26H34O8/c1-3-26(34-24-21(30)19(28)20(29)22(33-24)23(31)32)11-9-18-17-6-4-13-12-14(27)5-7-15(13)16(17)8-10-25(18,26)2/h1,12,15-22,24,28-30H,4-11H2,2H3,(H,31,32)/t15-,16+,17+,18-,19-,20-,21+,22-,24-,25-,26-/m0/s1/i27+1. The third kappa shape index (κ3) is 3.40. The Labute approximate surface area is 199 Å². The van der Waals surface area contributed by atoms with Crippen LogP contribution in [0.2, 0.25) is 0 Å². The molecule has 5 aliphatic rings. The summed E-state index contributed by atoms with van der Waals surface area (Å²) in [4.78, 5) is 23.5. The van der Waals surface area contributed by atoms with Crippen molar-refractivity contribution in [1.82, 2.24) is 0 Å². The number of carboxylic acid groups (broad SMARTS) is 1. The van der Waals surface area contributed by atoms with Crippen LogP contribution in [0.1, 0.15) is 58.3 Å². The maximum absolute atomic E-state index is 11.9. The SMILES string of the molecule is C#C[C@]1(O[C@@H]2O[C@H](C(=O)O)[C@@H](O)[C@H](O)[C@H]2O)CC[C@H]2[C@@H]3CCC4=CC(=[17O])CC[C@@H]4[C@H]3CC[C@@]21C. The highest BCUT2D eigenvalue weighted by Crippen LogP contribution is 2.66. The van der Waals surface area contributed by atoms with Gasteiger partial charge in [-0.3, -0.25) is 4.79 Å². The van der Waals surface area contributed by atoms with Crippen LogP contribution < -0.4 is 0 Å². The van der Waals surface area contributed by atoms with Gasteiger partial charge in [0.25, 0.3) is 0 Å². The largest absolute Gasteiger partial charge is 0.479 e. The minimum absolute atomic E-state index is 0.240. The normalized spacial score (nSPS) is 50.4. The van der Waals surface area contributed by atoms with Gasteiger partial charge in [-0.25, -0.2) is 4.79 Å². The van der Waals surface area contributed by atoms with Crippen molar-refractivity contribution in [2.45, 2.75) is 94.6 Å². The molecule has 11 atom stereocenters. The van der Waals surface area contributed by atoms with Crippen LogP contribution in [0.4, 0.5) is 0 Å². The van der Waals surface area contributed by atoms with Crippen molar-refractivity contribution in [1.29, 1.82) is 0 Å². The number of aliphatic carboxylic acids is 1. The molecule has 4 N–H and O–H groups in total. The first-order valence-electron chi connectivity index (χ1n) is 12.4. The molecule has 1 aliphatic heterocycles. The first-order valence-corrected chi connectivity index (χ1v) is 12.4. The zero-order chi connectivity index (χ0) is 24.4. The summed E-state index contributed by atoms with van der Waals surface area (Å²) in [7, 11) is 0. The number of ether oxygens (including phenoxy) is 2. The lowest BCUT2D eigenvalue weighted by atomic mass is 9.50. The monoisotopic (exact) mass is 475 g/mol. The fourth-order valence-electron chi connectivity index (χ4n) is 7.99. The Morgan fingerprint density at radius 2 is 1.88 bits per heavy atom. The first-order chi connectivity index (χ1) is 16.1. The van der Waals surface area contributed by atoms with E-state index in [-0.39, 0.29) is 5.78 Å². The van der Waals surface area contributed by atoms with Gasteiger partial charge in [-0.05, 0) is 74.7 Å². The Balaban J connectivity index is 1.40. The van der Waals surface area contributed by atoms with Crippen molar-refractivity contribution in [2.75, 3.05) is 0 Å². The van der Waals surface area contributed by atoms with Crippen LogP contribution in [0, 0.1) is 41.4 Å². The molecule has 8 nitrogen and oxygen atoms in total. The molecule has 4 fully saturated rings. The van der Waals surface area contributed by atoms with E-state index in [1.165, 1.54) is 5.57 Å². The second-order valence-corrected chi connectivity index (χ2v) is 11.1. The van der Waals surface area contributed by atoms with E-state index in [4.69, 9.17) is 15.9 Å². The Bertz CT molecular complexity index is 938. The number of ketones is 1. The summed E-state index contributed by atoms with van der Waals surface area (Å²) in [6.45, 7) is 2.13. The molecule has 0 spiro atoms. The molecular weight excluding hydrogens is 441 g/mol. The van der Waals surface area contributed by atoms with E-state index in [0.717, 1.165) is 38.5 Å². The van der Waals surface area contributed by atoms with Gasteiger partial charge in [0.2, 0.25) is 0 Å². The molecule has 0 aromatic rings. The van der Waals surface area contributed by atoms with Crippen LogP contribution in [0.5, 0.6) is 0 Å². The van der Waals surface area contributed by atoms with Gasteiger partial charge in [0.15, 0.2) is 18.2 Å². The third-order valence-corrected chi connectivity index (χ3v) is 9.78. The summed E-state index contributed by atoms with van der Waals surface area (Å²) >= 11 is 0. The molecule has 8 heteroatoms. The van der Waals surface area contributed by atoms with Crippen molar-refractivity contribution in [2.24, 2.45) is 29.1 Å². The van der Waals surface area contributed by atoms with Gasteiger partial charge in [-0.15, -0.1) is 6.42 Å². The summed E-state index contributed by atoms with van der Waals surface area (Å²) in [5.41, 5.74) is -0.181. The molecule has 4 aliphatic carbocycles. The Kier molecular flexibility index (Phi) is 5.93. The van der Waals surface area contributed by atoms with Crippen LogP contribution >= 0.6 is 0 Å². The minimum Gasteiger partial charge on any atom is -0.479 e. The van der Waals surface area contributed by atoms with Crippen LogP contribution in [-0.2, 0) is 19.1 Å². The van der Waals surface area contributed by atoms with E-state index < -0.39 is 47.7 Å². The van der Waals surface area contributed by atoms with Gasteiger partial charge < -0.3 is 29.9 Å². The lowest BCUT2D eigenvalue weighted by Gasteiger charge is -2.56. The molecule has 1 saturated heterocycles. The molecule has 0 unspecified atom stereocenters. The van der Waals surface area contributed by atoms with Gasteiger partial charge in [0.1, 0.15) is 23.9 Å². The van der Waals surface area contributed by atoms with Crippen molar-refractivity contribution >= 4 is 11.8 Å². The summed E-state index contributed by atoms with van der Waals surface area (Å²) in [6, 6.07) is 0. The number of carbonyl (C=O) groups excluding carboxylic acids is 1. The summed E-state index contributed by atoms with van der Waals surface area (Å²) < 4.78 is 11.7. The quantitative estimate of drug-likeness (QED) is 0.450. The highest BCUT2D eigenvalue weighted by Gasteiger charge is 2.64. The molecular formula is C26H34O8. The average molecular weight is 476 g/mol. The molecule has 34 heavy (non-hydrogen) atoms. The smallest absolute Gasteiger partial charge is 0.335 e. The van der Waals surface area contributed by atoms with Gasteiger partial charge >= 0.3 is 5.97 Å². The predicted octanol–water partition coefficient (Wildman–Crippen LogP) is 1.41. The van der Waals surface area contributed by atoms with Crippen LogP contribution in [-0.4, -0.2) is 68.5 Å². The summed E-state index contributed by atoms with van der Waals surface area (Å²) in [5.74, 6) is 3.38. The van der Waals surface area contributed by atoms with Crippen LogP contribution in [0.3, 0.4) is 0 Å².